The van der Waals surface area contributed by atoms with Crippen LogP contribution in [0.3, 0.4) is 0 Å². The first kappa shape index (κ1) is 14.6. The Bertz CT molecular complexity index is 545. The zero-order valence-electron chi connectivity index (χ0n) is 10.9. The van der Waals surface area contributed by atoms with Gasteiger partial charge in [-0.15, -0.1) is 0 Å². The SMILES string of the molecule is O=C1C(=O)N(CCCCCCO)c2cc(F)c(F)cc21. The van der Waals surface area contributed by atoms with Crippen LogP contribution in [-0.2, 0) is 4.79 Å². The van der Waals surface area contributed by atoms with Crippen LogP contribution in [0.5, 0.6) is 0 Å². The van der Waals surface area contributed by atoms with Crippen molar-refractivity contribution >= 4 is 17.4 Å². The number of hydrogen-bond acceptors (Lipinski definition) is 3. The fourth-order valence-electron chi connectivity index (χ4n) is 2.25. The van der Waals surface area contributed by atoms with E-state index >= 15 is 0 Å². The first-order chi connectivity index (χ1) is 9.56. The minimum Gasteiger partial charge on any atom is -0.396 e. The second kappa shape index (κ2) is 6.09. The standard InChI is InChI=1S/C14H15F2NO3/c15-10-7-9-12(8-11(10)16)17(14(20)13(9)19)5-3-1-2-4-6-18/h7-8,18H,1-6H2. The third kappa shape index (κ3) is 2.70. The summed E-state index contributed by atoms with van der Waals surface area (Å²) in [4.78, 5) is 24.7. The Balaban J connectivity index is 2.10. The minimum atomic E-state index is -1.13. The Morgan fingerprint density at radius 2 is 1.65 bits per heavy atom. The van der Waals surface area contributed by atoms with Crippen molar-refractivity contribution in [2.75, 3.05) is 18.1 Å². The Morgan fingerprint density at radius 3 is 2.35 bits per heavy atom. The van der Waals surface area contributed by atoms with E-state index in [1.54, 1.807) is 0 Å². The number of anilines is 1. The van der Waals surface area contributed by atoms with Gasteiger partial charge in [0.2, 0.25) is 0 Å². The van der Waals surface area contributed by atoms with Crippen molar-refractivity contribution in [3.05, 3.63) is 29.3 Å². The molecule has 1 aromatic rings. The number of amides is 1. The monoisotopic (exact) mass is 283 g/mol. The lowest BCUT2D eigenvalue weighted by Crippen LogP contribution is -2.30. The average Bonchev–Trinajstić information content (AvgIpc) is 2.64. The van der Waals surface area contributed by atoms with Gasteiger partial charge in [-0.2, -0.15) is 0 Å². The molecule has 0 saturated carbocycles. The summed E-state index contributed by atoms with van der Waals surface area (Å²) in [6.45, 7) is 0.405. The fraction of sp³-hybridized carbons (Fsp3) is 0.429. The van der Waals surface area contributed by atoms with Gasteiger partial charge in [0.1, 0.15) is 0 Å². The smallest absolute Gasteiger partial charge is 0.299 e. The van der Waals surface area contributed by atoms with Gasteiger partial charge in [0.25, 0.3) is 11.7 Å². The van der Waals surface area contributed by atoms with Crippen LogP contribution in [0.25, 0.3) is 0 Å². The zero-order valence-corrected chi connectivity index (χ0v) is 10.9. The largest absolute Gasteiger partial charge is 0.396 e. The predicted molar refractivity (Wildman–Crippen MR) is 68.6 cm³/mol. The summed E-state index contributed by atoms with van der Waals surface area (Å²) in [5, 5.41) is 8.65. The van der Waals surface area contributed by atoms with Crippen LogP contribution in [0.4, 0.5) is 14.5 Å². The number of benzene rings is 1. The highest BCUT2D eigenvalue weighted by Crippen LogP contribution is 2.31. The molecule has 1 aromatic carbocycles. The predicted octanol–water partition coefficient (Wildman–Crippen LogP) is 2.05. The third-order valence-electron chi connectivity index (χ3n) is 3.30. The van der Waals surface area contributed by atoms with E-state index in [9.17, 15) is 18.4 Å². The number of fused-ring (bicyclic) bond motifs is 1. The minimum absolute atomic E-state index is 0.0794. The lowest BCUT2D eigenvalue weighted by Gasteiger charge is -2.16. The zero-order chi connectivity index (χ0) is 14.7. The molecule has 2 rings (SSSR count). The summed E-state index contributed by atoms with van der Waals surface area (Å²) in [6, 6.07) is 1.66. The molecular formula is C14H15F2NO3. The third-order valence-corrected chi connectivity index (χ3v) is 3.30. The maximum absolute atomic E-state index is 13.2. The Labute approximate surface area is 115 Å². The molecule has 1 N–H and O–H groups in total. The molecule has 0 bridgehead atoms. The van der Waals surface area contributed by atoms with E-state index in [0.29, 0.717) is 12.8 Å². The molecule has 1 amide bonds. The molecular weight excluding hydrogens is 268 g/mol. The van der Waals surface area contributed by atoms with E-state index < -0.39 is 23.3 Å². The quantitative estimate of drug-likeness (QED) is 0.642. The number of aliphatic hydroxyl groups is 1. The number of nitrogens with zero attached hydrogens (tertiary/aromatic N) is 1. The second-order valence-electron chi connectivity index (χ2n) is 4.71. The van der Waals surface area contributed by atoms with Gasteiger partial charge in [-0.1, -0.05) is 12.8 Å². The van der Waals surface area contributed by atoms with Crippen molar-refractivity contribution in [3.63, 3.8) is 0 Å². The molecule has 1 heterocycles. The van der Waals surface area contributed by atoms with Crippen LogP contribution in [0.2, 0.25) is 0 Å². The summed E-state index contributed by atoms with van der Waals surface area (Å²) in [6.07, 6.45) is 2.93. The molecule has 6 heteroatoms. The van der Waals surface area contributed by atoms with Crippen molar-refractivity contribution in [1.82, 2.24) is 0 Å². The first-order valence-electron chi connectivity index (χ1n) is 6.52. The lowest BCUT2D eigenvalue weighted by molar-refractivity contribution is -0.114. The summed E-state index contributed by atoms with van der Waals surface area (Å²) in [5.41, 5.74) is 0.0605. The van der Waals surface area contributed by atoms with Crippen LogP contribution in [0.1, 0.15) is 36.0 Å². The molecule has 108 valence electrons. The maximum atomic E-state index is 13.2. The van der Waals surface area contributed by atoms with Gasteiger partial charge in [-0.3, -0.25) is 9.59 Å². The van der Waals surface area contributed by atoms with Crippen molar-refractivity contribution in [2.24, 2.45) is 0 Å². The number of unbranched alkanes of at least 4 members (excludes halogenated alkanes) is 3. The number of aliphatic hydroxyl groups excluding tert-OH is 1. The molecule has 0 unspecified atom stereocenters. The molecule has 0 spiro atoms. The molecule has 4 nitrogen and oxygen atoms in total. The number of ketones is 1. The van der Waals surface area contributed by atoms with Gasteiger partial charge in [0, 0.05) is 19.2 Å². The number of halogens is 2. The highest BCUT2D eigenvalue weighted by atomic mass is 19.2. The van der Waals surface area contributed by atoms with E-state index in [0.717, 1.165) is 25.0 Å². The molecule has 0 radical (unpaired) electrons. The number of carbonyl (C=O) groups is 2. The first-order valence-corrected chi connectivity index (χ1v) is 6.52. The van der Waals surface area contributed by atoms with E-state index in [1.165, 1.54) is 4.90 Å². The molecule has 0 saturated heterocycles. The van der Waals surface area contributed by atoms with Crippen LogP contribution >= 0.6 is 0 Å². The van der Waals surface area contributed by atoms with E-state index in [2.05, 4.69) is 0 Å². The van der Waals surface area contributed by atoms with Crippen molar-refractivity contribution in [2.45, 2.75) is 25.7 Å². The van der Waals surface area contributed by atoms with Crippen LogP contribution in [0.15, 0.2) is 12.1 Å². The van der Waals surface area contributed by atoms with Crippen LogP contribution in [0, 0.1) is 11.6 Å². The summed E-state index contributed by atoms with van der Waals surface area (Å²) < 4.78 is 26.4. The van der Waals surface area contributed by atoms with Gasteiger partial charge in [-0.25, -0.2) is 8.78 Å². The maximum Gasteiger partial charge on any atom is 0.299 e. The van der Waals surface area contributed by atoms with Gasteiger partial charge >= 0.3 is 0 Å². The Hall–Kier alpha value is -1.82. The lowest BCUT2D eigenvalue weighted by atomic mass is 10.1. The van der Waals surface area contributed by atoms with Gasteiger partial charge in [0.05, 0.1) is 11.3 Å². The summed E-state index contributed by atoms with van der Waals surface area (Å²) in [5.74, 6) is -3.74. The number of hydrogen-bond donors (Lipinski definition) is 1. The number of carbonyl (C=O) groups excluding carboxylic acids is 2. The van der Waals surface area contributed by atoms with Gasteiger partial charge < -0.3 is 10.0 Å². The fourth-order valence-corrected chi connectivity index (χ4v) is 2.25. The average molecular weight is 283 g/mol. The molecule has 0 aliphatic carbocycles. The topological polar surface area (TPSA) is 57.6 Å². The summed E-state index contributed by atoms with van der Waals surface area (Å²) in [7, 11) is 0. The van der Waals surface area contributed by atoms with E-state index in [-0.39, 0.29) is 24.4 Å². The number of rotatable bonds is 6. The molecule has 1 aliphatic heterocycles. The van der Waals surface area contributed by atoms with Crippen molar-refractivity contribution in [1.29, 1.82) is 0 Å². The van der Waals surface area contributed by atoms with Crippen molar-refractivity contribution in [3.8, 4) is 0 Å². The Morgan fingerprint density at radius 1 is 1.00 bits per heavy atom. The molecule has 0 aromatic heterocycles. The highest BCUT2D eigenvalue weighted by Gasteiger charge is 2.36. The number of Topliss-reactive ketones (excluding diaryl/α,β-unsaturated/α-hetero) is 1. The Kier molecular flexibility index (Phi) is 4.44. The van der Waals surface area contributed by atoms with Crippen molar-refractivity contribution < 1.29 is 23.5 Å². The summed E-state index contributed by atoms with van der Waals surface area (Å²) >= 11 is 0. The molecule has 0 atom stereocenters. The molecule has 1 aliphatic rings. The van der Waals surface area contributed by atoms with Crippen LogP contribution < -0.4 is 4.90 Å². The van der Waals surface area contributed by atoms with E-state index in [1.807, 2.05) is 0 Å². The van der Waals surface area contributed by atoms with Gasteiger partial charge in [0.15, 0.2) is 11.6 Å². The van der Waals surface area contributed by atoms with Gasteiger partial charge in [-0.05, 0) is 18.9 Å². The molecule has 20 heavy (non-hydrogen) atoms. The highest BCUT2D eigenvalue weighted by molar-refractivity contribution is 6.52. The molecule has 0 fully saturated rings. The normalized spacial score (nSPS) is 14.1. The second-order valence-corrected chi connectivity index (χ2v) is 4.71. The van der Waals surface area contributed by atoms with Crippen LogP contribution in [-0.4, -0.2) is 29.9 Å². The van der Waals surface area contributed by atoms with E-state index in [4.69, 9.17) is 5.11 Å².